The lowest BCUT2D eigenvalue weighted by Gasteiger charge is -2.14. The Hall–Kier alpha value is -1.72. The lowest BCUT2D eigenvalue weighted by Crippen LogP contribution is -2.33. The number of rotatable bonds is 4. The Bertz CT molecular complexity index is 487. The Balaban J connectivity index is 1.91. The van der Waals surface area contributed by atoms with Gasteiger partial charge in [-0.25, -0.2) is 0 Å². The van der Waals surface area contributed by atoms with Gasteiger partial charge in [0.25, 0.3) is 0 Å². The molecule has 2 rings (SSSR count). The number of carbonyl (C=O) groups excluding carboxylic acids is 2. The number of carbonyl (C=O) groups is 2. The van der Waals surface area contributed by atoms with Gasteiger partial charge in [-0.1, -0.05) is 12.1 Å². The van der Waals surface area contributed by atoms with Crippen LogP contribution in [-0.4, -0.2) is 42.3 Å². The van der Waals surface area contributed by atoms with Crippen molar-refractivity contribution in [3.63, 3.8) is 0 Å². The summed E-state index contributed by atoms with van der Waals surface area (Å²) in [6.45, 7) is 3.48. The summed E-state index contributed by atoms with van der Waals surface area (Å²) >= 11 is 0. The molecule has 1 atom stereocenters. The van der Waals surface area contributed by atoms with Crippen LogP contribution >= 0.6 is 0 Å². The van der Waals surface area contributed by atoms with Crippen molar-refractivity contribution in [3.05, 3.63) is 29.8 Å². The number of amides is 1. The van der Waals surface area contributed by atoms with Crippen LogP contribution in [-0.2, 0) is 4.79 Å². The van der Waals surface area contributed by atoms with Crippen molar-refractivity contribution >= 4 is 17.4 Å². The fourth-order valence-corrected chi connectivity index (χ4v) is 2.23. The van der Waals surface area contributed by atoms with Crippen molar-refractivity contribution in [1.29, 1.82) is 0 Å². The summed E-state index contributed by atoms with van der Waals surface area (Å²) in [6.07, 6.45) is 0.938. The van der Waals surface area contributed by atoms with E-state index in [4.69, 9.17) is 5.73 Å². The Morgan fingerprint density at radius 3 is 2.89 bits per heavy atom. The van der Waals surface area contributed by atoms with Gasteiger partial charge in [-0.15, -0.1) is 0 Å². The third-order valence-electron chi connectivity index (χ3n) is 3.23. The third-order valence-corrected chi connectivity index (χ3v) is 3.23. The standard InChI is InChI=1S/C14H19N3O2/c1-10(18)11-3-2-4-13(7-11)16-14(19)9-17-6-5-12(15)8-17/h2-4,7,12H,5-6,8-9,15H2,1H3,(H,16,19)/t12-/m1/s1. The first-order chi connectivity index (χ1) is 9.04. The SMILES string of the molecule is CC(=O)c1cccc(NC(=O)CN2CC[C@@H](N)C2)c1. The molecule has 1 saturated heterocycles. The second-order valence-corrected chi connectivity index (χ2v) is 4.97. The summed E-state index contributed by atoms with van der Waals surface area (Å²) in [5, 5.41) is 2.81. The van der Waals surface area contributed by atoms with Crippen LogP contribution in [0, 0.1) is 0 Å². The van der Waals surface area contributed by atoms with Gasteiger partial charge in [0.2, 0.25) is 5.91 Å². The molecule has 1 fully saturated rings. The quantitative estimate of drug-likeness (QED) is 0.788. The maximum Gasteiger partial charge on any atom is 0.238 e. The number of benzene rings is 1. The fraction of sp³-hybridized carbons (Fsp3) is 0.429. The number of nitrogens with one attached hydrogen (secondary N) is 1. The number of Topliss-reactive ketones (excluding diaryl/α,β-unsaturated/α-hetero) is 1. The van der Waals surface area contributed by atoms with E-state index in [9.17, 15) is 9.59 Å². The normalized spacial score (nSPS) is 19.4. The number of hydrogen-bond donors (Lipinski definition) is 2. The average Bonchev–Trinajstić information content (AvgIpc) is 2.74. The Kier molecular flexibility index (Phi) is 4.29. The van der Waals surface area contributed by atoms with E-state index in [1.54, 1.807) is 24.3 Å². The molecule has 1 aliphatic rings. The molecule has 0 unspecified atom stereocenters. The highest BCUT2D eigenvalue weighted by atomic mass is 16.2. The van der Waals surface area contributed by atoms with Crippen molar-refractivity contribution in [2.75, 3.05) is 25.0 Å². The van der Waals surface area contributed by atoms with Gasteiger partial charge in [-0.2, -0.15) is 0 Å². The minimum Gasteiger partial charge on any atom is -0.326 e. The van der Waals surface area contributed by atoms with Crippen molar-refractivity contribution in [3.8, 4) is 0 Å². The van der Waals surface area contributed by atoms with Gasteiger partial charge in [0, 0.05) is 30.4 Å². The van der Waals surface area contributed by atoms with Crippen LogP contribution in [0.4, 0.5) is 5.69 Å². The molecule has 5 nitrogen and oxygen atoms in total. The van der Waals surface area contributed by atoms with Crippen LogP contribution in [0.25, 0.3) is 0 Å². The first-order valence-corrected chi connectivity index (χ1v) is 6.43. The van der Waals surface area contributed by atoms with Gasteiger partial charge in [0.1, 0.15) is 0 Å². The molecule has 0 spiro atoms. The topological polar surface area (TPSA) is 75.4 Å². The van der Waals surface area contributed by atoms with Gasteiger partial charge in [0.05, 0.1) is 6.54 Å². The average molecular weight is 261 g/mol. The fourth-order valence-electron chi connectivity index (χ4n) is 2.23. The summed E-state index contributed by atoms with van der Waals surface area (Å²) in [7, 11) is 0. The van der Waals surface area contributed by atoms with Crippen LogP contribution in [0.15, 0.2) is 24.3 Å². The number of nitrogens with two attached hydrogens (primary N) is 1. The van der Waals surface area contributed by atoms with E-state index in [-0.39, 0.29) is 17.7 Å². The molecule has 3 N–H and O–H groups in total. The molecule has 19 heavy (non-hydrogen) atoms. The van der Waals surface area contributed by atoms with Gasteiger partial charge >= 0.3 is 0 Å². The van der Waals surface area contributed by atoms with E-state index in [1.807, 2.05) is 4.90 Å². The first-order valence-electron chi connectivity index (χ1n) is 6.43. The molecule has 0 radical (unpaired) electrons. The molecular formula is C14H19N3O2. The van der Waals surface area contributed by atoms with E-state index in [0.29, 0.717) is 17.8 Å². The van der Waals surface area contributed by atoms with Gasteiger partial charge in [-0.3, -0.25) is 14.5 Å². The van der Waals surface area contributed by atoms with Crippen LogP contribution in [0.1, 0.15) is 23.7 Å². The minimum atomic E-state index is -0.0743. The number of likely N-dealkylation sites (tertiary alicyclic amines) is 1. The van der Waals surface area contributed by atoms with Crippen molar-refractivity contribution in [1.82, 2.24) is 4.90 Å². The van der Waals surface area contributed by atoms with E-state index < -0.39 is 0 Å². The monoisotopic (exact) mass is 261 g/mol. The largest absolute Gasteiger partial charge is 0.326 e. The van der Waals surface area contributed by atoms with Crippen molar-refractivity contribution < 1.29 is 9.59 Å². The molecule has 102 valence electrons. The van der Waals surface area contributed by atoms with Crippen LogP contribution in [0.5, 0.6) is 0 Å². The zero-order valence-electron chi connectivity index (χ0n) is 11.1. The van der Waals surface area contributed by atoms with Gasteiger partial charge < -0.3 is 11.1 Å². The van der Waals surface area contributed by atoms with Crippen LogP contribution in [0.2, 0.25) is 0 Å². The maximum absolute atomic E-state index is 11.9. The molecule has 1 aromatic rings. The molecule has 5 heteroatoms. The Morgan fingerprint density at radius 2 is 2.26 bits per heavy atom. The number of ketones is 1. The second-order valence-electron chi connectivity index (χ2n) is 4.97. The molecule has 1 aliphatic heterocycles. The van der Waals surface area contributed by atoms with Crippen molar-refractivity contribution in [2.45, 2.75) is 19.4 Å². The lowest BCUT2D eigenvalue weighted by molar-refractivity contribution is -0.117. The summed E-state index contributed by atoms with van der Waals surface area (Å²) in [6, 6.07) is 7.14. The Labute approximate surface area is 112 Å². The highest BCUT2D eigenvalue weighted by Gasteiger charge is 2.20. The third kappa shape index (κ3) is 3.87. The minimum absolute atomic E-state index is 0.0124. The number of nitrogens with zero attached hydrogens (tertiary/aromatic N) is 1. The lowest BCUT2D eigenvalue weighted by atomic mass is 10.1. The molecular weight excluding hydrogens is 242 g/mol. The Morgan fingerprint density at radius 1 is 1.47 bits per heavy atom. The molecule has 0 bridgehead atoms. The molecule has 1 heterocycles. The smallest absolute Gasteiger partial charge is 0.238 e. The van der Waals surface area contributed by atoms with E-state index in [0.717, 1.165) is 19.5 Å². The van der Waals surface area contributed by atoms with Gasteiger partial charge in [-0.05, 0) is 25.5 Å². The predicted molar refractivity (Wildman–Crippen MR) is 74.1 cm³/mol. The number of hydrogen-bond acceptors (Lipinski definition) is 4. The van der Waals surface area contributed by atoms with Crippen LogP contribution in [0.3, 0.4) is 0 Å². The van der Waals surface area contributed by atoms with E-state index >= 15 is 0 Å². The summed E-state index contributed by atoms with van der Waals surface area (Å²) in [5.74, 6) is -0.0867. The molecule has 1 aromatic carbocycles. The van der Waals surface area contributed by atoms with E-state index in [1.165, 1.54) is 6.92 Å². The number of anilines is 1. The summed E-state index contributed by atoms with van der Waals surface area (Å²) in [5.41, 5.74) is 7.05. The zero-order chi connectivity index (χ0) is 13.8. The summed E-state index contributed by atoms with van der Waals surface area (Å²) < 4.78 is 0. The maximum atomic E-state index is 11.9. The first kappa shape index (κ1) is 13.7. The predicted octanol–water partition coefficient (Wildman–Crippen LogP) is 0.861. The van der Waals surface area contributed by atoms with Crippen molar-refractivity contribution in [2.24, 2.45) is 5.73 Å². The highest BCUT2D eigenvalue weighted by molar-refractivity contribution is 5.97. The zero-order valence-corrected chi connectivity index (χ0v) is 11.1. The molecule has 0 aliphatic carbocycles. The van der Waals surface area contributed by atoms with E-state index in [2.05, 4.69) is 5.32 Å². The van der Waals surface area contributed by atoms with Gasteiger partial charge in [0.15, 0.2) is 5.78 Å². The van der Waals surface area contributed by atoms with Crippen LogP contribution < -0.4 is 11.1 Å². The molecule has 1 amide bonds. The second kappa shape index (κ2) is 5.95. The molecule has 0 saturated carbocycles. The molecule has 0 aromatic heterocycles. The summed E-state index contributed by atoms with van der Waals surface area (Å²) in [4.78, 5) is 25.2. The highest BCUT2D eigenvalue weighted by Crippen LogP contribution is 2.12.